The van der Waals surface area contributed by atoms with Crippen molar-refractivity contribution >= 4 is 160 Å². The first-order valence-corrected chi connectivity index (χ1v) is 38.1. The van der Waals surface area contributed by atoms with Gasteiger partial charge in [0.2, 0.25) is 0 Å². The van der Waals surface area contributed by atoms with Crippen LogP contribution in [0.5, 0.6) is 0 Å². The average molecular weight is 1410 g/mol. The molecule has 110 heavy (non-hydrogen) atoms. The number of para-hydroxylation sites is 6. The van der Waals surface area contributed by atoms with E-state index in [1.54, 1.807) is 0 Å². The van der Waals surface area contributed by atoms with Crippen LogP contribution in [0.25, 0.3) is 148 Å². The normalized spacial score (nSPS) is 13.8. The summed E-state index contributed by atoms with van der Waals surface area (Å²) in [7, 11) is 0. The highest BCUT2D eigenvalue weighted by Crippen LogP contribution is 2.53. The van der Waals surface area contributed by atoms with Crippen LogP contribution < -0.4 is 26.2 Å². The molecule has 0 N–H and O–H groups in total. The first-order valence-electron chi connectivity index (χ1n) is 41.6. The fraction of sp³-hybridized carbons (Fsp3) is 0.0769. The number of hydrogen-bond donors (Lipinski definition) is 0. The van der Waals surface area contributed by atoms with E-state index >= 15 is 0 Å². The molecule has 520 valence electrons. The van der Waals surface area contributed by atoms with Gasteiger partial charge in [-0.2, -0.15) is 0 Å². The maximum absolute atomic E-state index is 10.4. The minimum atomic E-state index is -0.564. The molecule has 6 heteroatoms. The number of benzene rings is 16. The van der Waals surface area contributed by atoms with Crippen molar-refractivity contribution in [2.24, 2.45) is 0 Å². The average Bonchev–Trinajstić information content (AvgIpc) is 1.58. The summed E-state index contributed by atoms with van der Waals surface area (Å²) in [6.07, 6.45) is 0. The second-order valence-electron chi connectivity index (χ2n) is 31.8. The Bertz CT molecular complexity index is 7700. The van der Waals surface area contributed by atoms with Gasteiger partial charge in [-0.05, 0) is 161 Å². The van der Waals surface area contributed by atoms with Crippen LogP contribution >= 0.6 is 0 Å². The molecule has 2 aliphatic rings. The van der Waals surface area contributed by atoms with Crippen molar-refractivity contribution in [1.82, 2.24) is 13.5 Å². The summed E-state index contributed by atoms with van der Waals surface area (Å²) in [6, 6.07) is 110. The van der Waals surface area contributed by atoms with Gasteiger partial charge < -0.3 is 23.3 Å². The molecule has 0 unspecified atom stereocenters. The highest BCUT2D eigenvalue weighted by molar-refractivity contribution is 7.00. The monoisotopic (exact) mass is 1410 g/mol. The molecule has 4 aromatic heterocycles. The van der Waals surface area contributed by atoms with E-state index in [1.807, 2.05) is 28.7 Å². The molecular weight excluding hydrogens is 1330 g/mol. The highest BCUT2D eigenvalue weighted by Gasteiger charge is 2.46. The van der Waals surface area contributed by atoms with Crippen molar-refractivity contribution in [1.29, 1.82) is 0 Å². The van der Waals surface area contributed by atoms with Gasteiger partial charge in [-0.15, -0.1) is 0 Å². The maximum atomic E-state index is 10.4. The Balaban J connectivity index is 0.985. The lowest BCUT2D eigenvalue weighted by Crippen LogP contribution is -2.61. The second-order valence-corrected chi connectivity index (χ2v) is 31.8. The predicted molar refractivity (Wildman–Crippen MR) is 470 cm³/mol. The summed E-state index contributed by atoms with van der Waals surface area (Å²) in [4.78, 5) is 5.03. The van der Waals surface area contributed by atoms with Gasteiger partial charge in [0.15, 0.2) is 0 Å². The summed E-state index contributed by atoms with van der Waals surface area (Å²) >= 11 is 0. The van der Waals surface area contributed by atoms with Crippen molar-refractivity contribution in [2.45, 2.75) is 52.4 Å². The molecule has 0 fully saturated rings. The molecule has 0 radical (unpaired) electrons. The summed E-state index contributed by atoms with van der Waals surface area (Å²) in [5.41, 5.74) is 24.2. The molecular formula is C104H76BN5. The molecule has 0 spiro atoms. The number of fused-ring (bicyclic) bond motifs is 20. The van der Waals surface area contributed by atoms with Gasteiger partial charge in [0.1, 0.15) is 0 Å². The van der Waals surface area contributed by atoms with Crippen LogP contribution in [0.15, 0.2) is 352 Å². The van der Waals surface area contributed by atoms with Gasteiger partial charge in [-0.3, -0.25) is 0 Å². The van der Waals surface area contributed by atoms with E-state index in [-0.39, 0.29) is 57.3 Å². The largest absolute Gasteiger partial charge is 0.311 e. The quantitative estimate of drug-likeness (QED) is 0.148. The molecule has 0 aliphatic carbocycles. The predicted octanol–water partition coefficient (Wildman–Crippen LogP) is 26.1. The van der Waals surface area contributed by atoms with Gasteiger partial charge in [0.05, 0.1) is 65.3 Å². The van der Waals surface area contributed by atoms with Crippen LogP contribution in [0, 0.1) is 0 Å². The zero-order valence-electron chi connectivity index (χ0n) is 68.8. The zero-order chi connectivity index (χ0) is 79.5. The topological polar surface area (TPSA) is 20.8 Å². The number of anilines is 6. The van der Waals surface area contributed by atoms with Crippen LogP contribution in [0.1, 0.15) is 62.3 Å². The Morgan fingerprint density at radius 3 is 1.37 bits per heavy atom. The number of nitrogens with zero attached hydrogens (tertiary/aromatic N) is 5. The SMILES string of the molecule is [2H]c1c([2H])c([2H])c2c(c1[2H])c1c([2H])c([2H])c([2H])c3c4ccccc4c4ccccc4c4cc5c(cc4n2c31)N(c1ccccc1-c1ccccc1)c1cc(-n2c3cc(C(C)(C)C)ccc3c3ccc(C(C)(C)C)cc32)cc2c1B5c1cc(-c3cccc4c3c3ccccc3n4-c3ccccc3)ccc1N2c1ccccc1-c1ccccc1. The Morgan fingerprint density at radius 2 is 0.755 bits per heavy atom. The van der Waals surface area contributed by atoms with E-state index in [0.29, 0.717) is 21.8 Å². The smallest absolute Gasteiger partial charge is 0.252 e. The Kier molecular flexibility index (Phi) is 12.4. The maximum Gasteiger partial charge on any atom is 0.252 e. The third-order valence-corrected chi connectivity index (χ3v) is 23.6. The van der Waals surface area contributed by atoms with Crippen molar-refractivity contribution in [3.05, 3.63) is 363 Å². The van der Waals surface area contributed by atoms with E-state index < -0.39 is 18.8 Å². The molecule has 6 heterocycles. The van der Waals surface area contributed by atoms with Crippen LogP contribution in [-0.2, 0) is 10.8 Å². The third-order valence-electron chi connectivity index (χ3n) is 23.6. The summed E-state index contributed by atoms with van der Waals surface area (Å²) < 4.78 is 76.6. The van der Waals surface area contributed by atoms with E-state index in [2.05, 4.69) is 346 Å². The van der Waals surface area contributed by atoms with Gasteiger partial charge in [-0.25, -0.2) is 0 Å². The van der Waals surface area contributed by atoms with Crippen molar-refractivity contribution in [3.8, 4) is 44.8 Å². The van der Waals surface area contributed by atoms with Crippen molar-refractivity contribution < 1.29 is 9.60 Å². The molecule has 0 amide bonds. The third kappa shape index (κ3) is 9.48. The lowest BCUT2D eigenvalue weighted by atomic mass is 9.33. The minimum absolute atomic E-state index is 0.110. The molecule has 0 saturated heterocycles. The van der Waals surface area contributed by atoms with E-state index in [4.69, 9.17) is 0 Å². The Morgan fingerprint density at radius 1 is 0.273 bits per heavy atom. The van der Waals surface area contributed by atoms with Crippen LogP contribution in [0.4, 0.5) is 34.1 Å². The molecule has 0 bridgehead atoms. The van der Waals surface area contributed by atoms with E-state index in [0.717, 1.165) is 160 Å². The standard InChI is InChI=1S/C104H76BN5/c1-103(2,3)68-53-55-80-81-56-54-69(104(4,5)6)60-95(81)107(94(80)59-68)71-61-98-101-99(62-71)109(89-48-25-21-37-73(89)66-32-12-8-13-33-66)97-64-96-85(78-41-19-17-39-76(78)75-38-16-18-40-77(75)82-45-28-46-83-79-42-22-26-49-90(79)110(96)102(82)83)63-87(97)105(101)86-58-67(52-57-92(86)108(98)88-47-24-20-36-72(88)65-30-10-7-11-31-65)74-44-29-51-93-100(74)84-43-23-27-50-91(84)106(93)70-34-14-9-15-35-70/h7-64H,1-6H3/i22D,26D,28D,42D,45D,46D,49D. The van der Waals surface area contributed by atoms with Crippen LogP contribution in [-0.4, -0.2) is 20.2 Å². The lowest BCUT2D eigenvalue weighted by molar-refractivity contribution is 0.591. The van der Waals surface area contributed by atoms with Gasteiger partial charge in [-0.1, -0.05) is 314 Å². The summed E-state index contributed by atoms with van der Waals surface area (Å²) in [5, 5.41) is 9.05. The van der Waals surface area contributed by atoms with Crippen LogP contribution in [0.3, 0.4) is 0 Å². The Hall–Kier alpha value is -13.4. The fourth-order valence-electron chi connectivity index (χ4n) is 18.5. The molecule has 20 aromatic rings. The molecule has 0 saturated carbocycles. The molecule has 22 rings (SSSR count). The minimum Gasteiger partial charge on any atom is -0.311 e. The highest BCUT2D eigenvalue weighted by atomic mass is 15.2. The summed E-state index contributed by atoms with van der Waals surface area (Å²) in [5.74, 6) is 0. The Labute approximate surface area is 649 Å². The fourth-order valence-corrected chi connectivity index (χ4v) is 18.5. The van der Waals surface area contributed by atoms with Gasteiger partial charge in [0, 0.05) is 82.7 Å². The van der Waals surface area contributed by atoms with Crippen LogP contribution in [0.2, 0.25) is 0 Å². The molecule has 16 aromatic carbocycles. The summed E-state index contributed by atoms with van der Waals surface area (Å²) in [6.45, 7) is 13.2. The van der Waals surface area contributed by atoms with Crippen molar-refractivity contribution in [3.63, 3.8) is 0 Å². The second kappa shape index (κ2) is 24.0. The van der Waals surface area contributed by atoms with E-state index in [9.17, 15) is 9.60 Å². The first kappa shape index (κ1) is 56.9. The number of rotatable bonds is 7. The molecule has 0 atom stereocenters. The lowest BCUT2D eigenvalue weighted by Gasteiger charge is -2.45. The first-order chi connectivity index (χ1) is 56.8. The number of hydrogen-bond acceptors (Lipinski definition) is 2. The molecule has 5 nitrogen and oxygen atoms in total. The van der Waals surface area contributed by atoms with Gasteiger partial charge >= 0.3 is 0 Å². The van der Waals surface area contributed by atoms with Gasteiger partial charge in [0.25, 0.3) is 6.71 Å². The number of aromatic nitrogens is 3. The molecule has 2 aliphatic heterocycles. The zero-order valence-corrected chi connectivity index (χ0v) is 61.8. The van der Waals surface area contributed by atoms with E-state index in [1.165, 1.54) is 11.1 Å². The van der Waals surface area contributed by atoms with Crippen molar-refractivity contribution in [2.75, 3.05) is 9.80 Å².